The topological polar surface area (TPSA) is 17.1 Å². The van der Waals surface area contributed by atoms with E-state index in [2.05, 4.69) is 0 Å². The molecule has 5 heteroatoms. The van der Waals surface area contributed by atoms with Crippen molar-refractivity contribution in [2.24, 2.45) is 0 Å². The Kier molecular flexibility index (Phi) is 5.66. The van der Waals surface area contributed by atoms with E-state index in [0.29, 0.717) is 0 Å². The molecule has 0 aromatic heterocycles. The van der Waals surface area contributed by atoms with Crippen molar-refractivity contribution in [3.05, 3.63) is 0 Å². The summed E-state index contributed by atoms with van der Waals surface area (Å²) < 4.78 is 46.0. The Morgan fingerprint density at radius 3 is 1.50 bits per heavy atom. The number of carbonyl (C=O) groups is 1. The summed E-state index contributed by atoms with van der Waals surface area (Å²) in [5, 5.41) is 0. The average molecular weight is 186 g/mol. The molecule has 1 nitrogen and oxygen atoms in total. The highest BCUT2D eigenvalue weighted by molar-refractivity contribution is 5.78. The maximum absolute atomic E-state index is 11.5. The first-order chi connectivity index (χ1) is 5.52. The minimum atomic E-state index is -2.53. The standard InChI is InChI=1S/C7H10F4O/c8-6(9)3-1-5(12)2-4-7(10)11/h6-7H,1-4H2. The summed E-state index contributed by atoms with van der Waals surface area (Å²) in [5.74, 6) is -0.518. The fourth-order valence-electron chi connectivity index (χ4n) is 0.665. The number of Topliss-reactive ketones (excluding diaryl/α,β-unsaturated/α-hetero) is 1. The zero-order chi connectivity index (χ0) is 9.56. The second kappa shape index (κ2) is 5.97. The van der Waals surface area contributed by atoms with Crippen molar-refractivity contribution in [2.75, 3.05) is 0 Å². The fraction of sp³-hybridized carbons (Fsp3) is 0.857. The van der Waals surface area contributed by atoms with Crippen LogP contribution in [0.1, 0.15) is 25.7 Å². The first kappa shape index (κ1) is 11.4. The lowest BCUT2D eigenvalue weighted by Gasteiger charge is -1.99. The van der Waals surface area contributed by atoms with Crippen LogP contribution in [-0.4, -0.2) is 18.6 Å². The van der Waals surface area contributed by atoms with E-state index in [9.17, 15) is 22.4 Å². The van der Waals surface area contributed by atoms with E-state index >= 15 is 0 Å². The Morgan fingerprint density at radius 2 is 1.25 bits per heavy atom. The average Bonchev–Trinajstić information content (AvgIpc) is 1.96. The molecule has 72 valence electrons. The smallest absolute Gasteiger partial charge is 0.239 e. The minimum Gasteiger partial charge on any atom is -0.300 e. The van der Waals surface area contributed by atoms with Crippen LogP contribution in [0, 0.1) is 0 Å². The summed E-state index contributed by atoms with van der Waals surface area (Å²) in [6, 6.07) is 0. The van der Waals surface area contributed by atoms with Crippen LogP contribution in [0.15, 0.2) is 0 Å². The molecule has 0 aromatic carbocycles. The van der Waals surface area contributed by atoms with Crippen LogP contribution in [0.4, 0.5) is 17.6 Å². The summed E-state index contributed by atoms with van der Waals surface area (Å²) in [7, 11) is 0. The summed E-state index contributed by atoms with van der Waals surface area (Å²) in [6.45, 7) is 0. The van der Waals surface area contributed by atoms with Crippen molar-refractivity contribution in [3.63, 3.8) is 0 Å². The van der Waals surface area contributed by atoms with Gasteiger partial charge in [-0.2, -0.15) is 0 Å². The van der Waals surface area contributed by atoms with Gasteiger partial charge in [-0.15, -0.1) is 0 Å². The monoisotopic (exact) mass is 186 g/mol. The molecule has 0 heterocycles. The molecule has 0 amide bonds. The highest BCUT2D eigenvalue weighted by atomic mass is 19.3. The lowest BCUT2D eigenvalue weighted by atomic mass is 10.1. The Hall–Kier alpha value is -0.610. The number of rotatable bonds is 6. The first-order valence-electron chi connectivity index (χ1n) is 3.60. The SMILES string of the molecule is O=C(CCC(F)F)CCC(F)F. The molecule has 0 aliphatic rings. The van der Waals surface area contributed by atoms with Crippen molar-refractivity contribution < 1.29 is 22.4 Å². The van der Waals surface area contributed by atoms with Gasteiger partial charge in [-0.1, -0.05) is 0 Å². The van der Waals surface area contributed by atoms with Crippen molar-refractivity contribution >= 4 is 5.78 Å². The second-order valence-corrected chi connectivity index (χ2v) is 2.40. The van der Waals surface area contributed by atoms with Gasteiger partial charge in [-0.05, 0) is 0 Å². The van der Waals surface area contributed by atoms with E-state index in [1.807, 2.05) is 0 Å². The maximum atomic E-state index is 11.5. The quantitative estimate of drug-likeness (QED) is 0.583. The molecule has 0 unspecified atom stereocenters. The third-order valence-corrected chi connectivity index (χ3v) is 1.28. The zero-order valence-electron chi connectivity index (χ0n) is 6.40. The van der Waals surface area contributed by atoms with Crippen molar-refractivity contribution in [1.29, 1.82) is 0 Å². The molecule has 12 heavy (non-hydrogen) atoms. The van der Waals surface area contributed by atoms with E-state index in [0.717, 1.165) is 0 Å². The molecule has 0 rings (SSSR count). The zero-order valence-corrected chi connectivity index (χ0v) is 6.40. The molecule has 0 bridgehead atoms. The van der Waals surface area contributed by atoms with E-state index in [1.165, 1.54) is 0 Å². The van der Waals surface area contributed by atoms with Crippen LogP contribution in [0.25, 0.3) is 0 Å². The Balaban J connectivity index is 3.34. The van der Waals surface area contributed by atoms with Gasteiger partial charge in [0, 0.05) is 25.7 Å². The Bertz CT molecular complexity index is 121. The number of ketones is 1. The second-order valence-electron chi connectivity index (χ2n) is 2.40. The normalized spacial score (nSPS) is 11.2. The van der Waals surface area contributed by atoms with Gasteiger partial charge in [0.05, 0.1) is 0 Å². The van der Waals surface area contributed by atoms with E-state index < -0.39 is 31.5 Å². The van der Waals surface area contributed by atoms with Crippen LogP contribution in [-0.2, 0) is 4.79 Å². The van der Waals surface area contributed by atoms with Crippen LogP contribution in [0.2, 0.25) is 0 Å². The van der Waals surface area contributed by atoms with E-state index in [4.69, 9.17) is 0 Å². The number of alkyl halides is 4. The van der Waals surface area contributed by atoms with Gasteiger partial charge in [-0.3, -0.25) is 4.79 Å². The summed E-state index contributed by atoms with van der Waals surface area (Å²) in [5.41, 5.74) is 0. The summed E-state index contributed by atoms with van der Waals surface area (Å²) in [4.78, 5) is 10.6. The molecule has 0 N–H and O–H groups in total. The van der Waals surface area contributed by atoms with Crippen molar-refractivity contribution in [1.82, 2.24) is 0 Å². The molecule has 0 saturated heterocycles. The lowest BCUT2D eigenvalue weighted by Crippen LogP contribution is -2.03. The summed E-state index contributed by atoms with van der Waals surface area (Å²) >= 11 is 0. The molecule has 0 aliphatic carbocycles. The molecular formula is C7H10F4O. The van der Waals surface area contributed by atoms with Gasteiger partial charge in [0.1, 0.15) is 5.78 Å². The molecule has 0 fully saturated rings. The highest BCUT2D eigenvalue weighted by Gasteiger charge is 2.10. The molecular weight excluding hydrogens is 176 g/mol. The van der Waals surface area contributed by atoms with Crippen molar-refractivity contribution in [2.45, 2.75) is 38.5 Å². The number of hydrogen-bond donors (Lipinski definition) is 0. The molecule has 0 aromatic rings. The largest absolute Gasteiger partial charge is 0.300 e. The Morgan fingerprint density at radius 1 is 0.917 bits per heavy atom. The van der Waals surface area contributed by atoms with E-state index in [-0.39, 0.29) is 12.8 Å². The van der Waals surface area contributed by atoms with Gasteiger partial charge < -0.3 is 0 Å². The first-order valence-corrected chi connectivity index (χ1v) is 3.60. The highest BCUT2D eigenvalue weighted by Crippen LogP contribution is 2.09. The summed E-state index contributed by atoms with van der Waals surface area (Å²) in [6.07, 6.45) is -6.71. The van der Waals surface area contributed by atoms with Gasteiger partial charge in [0.25, 0.3) is 0 Å². The lowest BCUT2D eigenvalue weighted by molar-refractivity contribution is -0.120. The number of halogens is 4. The van der Waals surface area contributed by atoms with Crippen LogP contribution >= 0.6 is 0 Å². The molecule has 0 spiro atoms. The van der Waals surface area contributed by atoms with Crippen LogP contribution in [0.5, 0.6) is 0 Å². The van der Waals surface area contributed by atoms with Crippen LogP contribution in [0.3, 0.4) is 0 Å². The Labute approximate surface area is 67.8 Å². The fourth-order valence-corrected chi connectivity index (χ4v) is 0.665. The van der Waals surface area contributed by atoms with Crippen LogP contribution < -0.4 is 0 Å². The number of hydrogen-bond acceptors (Lipinski definition) is 1. The van der Waals surface area contributed by atoms with Gasteiger partial charge >= 0.3 is 0 Å². The van der Waals surface area contributed by atoms with Gasteiger partial charge in [-0.25, -0.2) is 17.6 Å². The van der Waals surface area contributed by atoms with Gasteiger partial charge in [0.2, 0.25) is 12.9 Å². The minimum absolute atomic E-state index is 0.301. The molecule has 0 atom stereocenters. The third kappa shape index (κ3) is 7.50. The molecule has 0 radical (unpaired) electrons. The van der Waals surface area contributed by atoms with Crippen molar-refractivity contribution in [3.8, 4) is 0 Å². The van der Waals surface area contributed by atoms with Gasteiger partial charge in [0.15, 0.2) is 0 Å². The van der Waals surface area contributed by atoms with E-state index in [1.54, 1.807) is 0 Å². The number of carbonyl (C=O) groups excluding carboxylic acids is 1. The molecule has 0 aliphatic heterocycles. The predicted molar refractivity (Wildman–Crippen MR) is 35.5 cm³/mol. The molecule has 0 saturated carbocycles. The third-order valence-electron chi connectivity index (χ3n) is 1.28. The predicted octanol–water partition coefficient (Wildman–Crippen LogP) is 2.65. The maximum Gasteiger partial charge on any atom is 0.239 e.